The lowest BCUT2D eigenvalue weighted by molar-refractivity contribution is 0.0905. The lowest BCUT2D eigenvalue weighted by atomic mass is 9.86. The molecule has 1 aliphatic rings. The van der Waals surface area contributed by atoms with Crippen molar-refractivity contribution in [3.63, 3.8) is 0 Å². The maximum absolute atomic E-state index is 12.0. The highest BCUT2D eigenvalue weighted by Crippen LogP contribution is 2.23. The second-order valence-electron chi connectivity index (χ2n) is 4.89. The fourth-order valence-corrected chi connectivity index (χ4v) is 2.37. The zero-order chi connectivity index (χ0) is 13.0. The van der Waals surface area contributed by atoms with Gasteiger partial charge in [0.25, 0.3) is 5.91 Å². The molecule has 1 aliphatic carbocycles. The molecule has 0 aromatic carbocycles. The average Bonchev–Trinajstić information content (AvgIpc) is 2.41. The van der Waals surface area contributed by atoms with Crippen molar-refractivity contribution in [1.82, 2.24) is 10.3 Å². The minimum atomic E-state index is -0.141. The van der Waals surface area contributed by atoms with E-state index in [1.54, 1.807) is 12.1 Å². The number of nitrogens with one attached hydrogen (secondary N) is 1. The van der Waals surface area contributed by atoms with Gasteiger partial charge in [-0.3, -0.25) is 4.79 Å². The van der Waals surface area contributed by atoms with Crippen molar-refractivity contribution in [3.8, 4) is 6.07 Å². The number of hydrogen-bond acceptors (Lipinski definition) is 3. The Bertz CT molecular complexity index is 461. The Morgan fingerprint density at radius 1 is 1.44 bits per heavy atom. The zero-order valence-electron chi connectivity index (χ0n) is 10.5. The maximum atomic E-state index is 12.0. The number of carbonyl (C=O) groups is 1. The average molecular weight is 243 g/mol. The van der Waals surface area contributed by atoms with Crippen LogP contribution in [0.1, 0.15) is 48.7 Å². The van der Waals surface area contributed by atoms with Gasteiger partial charge in [-0.1, -0.05) is 19.8 Å². The molecule has 1 N–H and O–H groups in total. The number of pyridine rings is 1. The SMILES string of the molecule is CC1CCCCC1NC(=O)c1ccc(C#N)cn1. The molecular weight excluding hydrogens is 226 g/mol. The molecule has 94 valence electrons. The molecule has 1 amide bonds. The van der Waals surface area contributed by atoms with E-state index in [2.05, 4.69) is 17.2 Å². The van der Waals surface area contributed by atoms with Gasteiger partial charge in [0, 0.05) is 12.2 Å². The number of carbonyl (C=O) groups excluding carboxylic acids is 1. The first kappa shape index (κ1) is 12.6. The van der Waals surface area contributed by atoms with Gasteiger partial charge in [0.1, 0.15) is 11.8 Å². The summed E-state index contributed by atoms with van der Waals surface area (Å²) in [4.78, 5) is 16.0. The van der Waals surface area contributed by atoms with Crippen LogP contribution in [0, 0.1) is 17.2 Å². The largest absolute Gasteiger partial charge is 0.348 e. The van der Waals surface area contributed by atoms with Crippen molar-refractivity contribution in [1.29, 1.82) is 5.26 Å². The van der Waals surface area contributed by atoms with Gasteiger partial charge in [0.05, 0.1) is 5.56 Å². The van der Waals surface area contributed by atoms with Crippen LogP contribution >= 0.6 is 0 Å². The lowest BCUT2D eigenvalue weighted by Gasteiger charge is -2.29. The number of nitrogens with zero attached hydrogens (tertiary/aromatic N) is 2. The van der Waals surface area contributed by atoms with E-state index in [1.165, 1.54) is 25.5 Å². The molecule has 4 heteroatoms. The molecule has 0 spiro atoms. The normalized spacial score (nSPS) is 23.1. The van der Waals surface area contributed by atoms with E-state index in [4.69, 9.17) is 5.26 Å². The van der Waals surface area contributed by atoms with E-state index in [0.717, 1.165) is 6.42 Å². The number of rotatable bonds is 2. The monoisotopic (exact) mass is 243 g/mol. The Kier molecular flexibility index (Phi) is 3.93. The second-order valence-corrected chi connectivity index (χ2v) is 4.89. The Morgan fingerprint density at radius 2 is 2.22 bits per heavy atom. The highest BCUT2D eigenvalue weighted by atomic mass is 16.1. The Hall–Kier alpha value is -1.89. The predicted molar refractivity (Wildman–Crippen MR) is 67.8 cm³/mol. The van der Waals surface area contributed by atoms with E-state index in [9.17, 15) is 4.79 Å². The quantitative estimate of drug-likeness (QED) is 0.866. The van der Waals surface area contributed by atoms with Crippen LogP contribution in [0.4, 0.5) is 0 Å². The minimum Gasteiger partial charge on any atom is -0.348 e. The fourth-order valence-electron chi connectivity index (χ4n) is 2.37. The molecule has 18 heavy (non-hydrogen) atoms. The number of aromatic nitrogens is 1. The van der Waals surface area contributed by atoms with Crippen LogP contribution in [0.25, 0.3) is 0 Å². The van der Waals surface area contributed by atoms with E-state index >= 15 is 0 Å². The molecule has 1 aromatic heterocycles. The Balaban J connectivity index is 2.00. The molecule has 1 fully saturated rings. The molecule has 2 atom stereocenters. The summed E-state index contributed by atoms with van der Waals surface area (Å²) in [6.45, 7) is 2.18. The van der Waals surface area contributed by atoms with E-state index in [0.29, 0.717) is 17.2 Å². The van der Waals surface area contributed by atoms with Gasteiger partial charge >= 0.3 is 0 Å². The third kappa shape index (κ3) is 2.86. The van der Waals surface area contributed by atoms with Crippen LogP contribution in [-0.2, 0) is 0 Å². The van der Waals surface area contributed by atoms with E-state index in [1.807, 2.05) is 6.07 Å². The molecule has 1 aromatic rings. The fraction of sp³-hybridized carbons (Fsp3) is 0.500. The first-order valence-corrected chi connectivity index (χ1v) is 6.37. The first-order chi connectivity index (χ1) is 8.70. The molecule has 0 bridgehead atoms. The molecule has 2 unspecified atom stereocenters. The van der Waals surface area contributed by atoms with Crippen molar-refractivity contribution < 1.29 is 4.79 Å². The summed E-state index contributed by atoms with van der Waals surface area (Å²) in [5, 5.41) is 11.7. The van der Waals surface area contributed by atoms with Gasteiger partial charge in [0.2, 0.25) is 0 Å². The van der Waals surface area contributed by atoms with Gasteiger partial charge in [-0.2, -0.15) is 5.26 Å². The third-order valence-electron chi connectivity index (χ3n) is 3.55. The van der Waals surface area contributed by atoms with Gasteiger partial charge in [-0.05, 0) is 30.9 Å². The van der Waals surface area contributed by atoms with E-state index in [-0.39, 0.29) is 11.9 Å². The van der Waals surface area contributed by atoms with Gasteiger partial charge in [-0.25, -0.2) is 4.98 Å². The minimum absolute atomic E-state index is 0.141. The summed E-state index contributed by atoms with van der Waals surface area (Å²) >= 11 is 0. The summed E-state index contributed by atoms with van der Waals surface area (Å²) in [6.07, 6.45) is 6.08. The highest BCUT2D eigenvalue weighted by Gasteiger charge is 2.23. The Morgan fingerprint density at radius 3 is 2.83 bits per heavy atom. The number of hydrogen-bond donors (Lipinski definition) is 1. The maximum Gasteiger partial charge on any atom is 0.270 e. The smallest absolute Gasteiger partial charge is 0.270 e. The van der Waals surface area contributed by atoms with Crippen LogP contribution in [0.3, 0.4) is 0 Å². The van der Waals surface area contributed by atoms with Crippen LogP contribution in [-0.4, -0.2) is 16.9 Å². The third-order valence-corrected chi connectivity index (χ3v) is 3.55. The molecule has 0 saturated heterocycles. The van der Waals surface area contributed by atoms with Crippen LogP contribution in [0.15, 0.2) is 18.3 Å². The van der Waals surface area contributed by atoms with Crippen molar-refractivity contribution in [2.75, 3.05) is 0 Å². The number of nitriles is 1. The predicted octanol–water partition coefficient (Wildman–Crippen LogP) is 2.26. The molecule has 1 heterocycles. The number of amides is 1. The summed E-state index contributed by atoms with van der Waals surface area (Å²) in [5.74, 6) is 0.388. The lowest BCUT2D eigenvalue weighted by Crippen LogP contribution is -2.41. The highest BCUT2D eigenvalue weighted by molar-refractivity contribution is 5.92. The van der Waals surface area contributed by atoms with E-state index < -0.39 is 0 Å². The summed E-state index contributed by atoms with van der Waals surface area (Å²) in [7, 11) is 0. The summed E-state index contributed by atoms with van der Waals surface area (Å²) in [6, 6.07) is 5.46. The van der Waals surface area contributed by atoms with Crippen molar-refractivity contribution in [2.24, 2.45) is 5.92 Å². The van der Waals surface area contributed by atoms with Gasteiger partial charge < -0.3 is 5.32 Å². The summed E-state index contributed by atoms with van der Waals surface area (Å²) < 4.78 is 0. The summed E-state index contributed by atoms with van der Waals surface area (Å²) in [5.41, 5.74) is 0.851. The van der Waals surface area contributed by atoms with Gasteiger partial charge in [0.15, 0.2) is 0 Å². The Labute approximate surface area is 107 Å². The van der Waals surface area contributed by atoms with Crippen LogP contribution in [0.2, 0.25) is 0 Å². The second kappa shape index (κ2) is 5.63. The molecule has 2 rings (SSSR count). The molecule has 1 saturated carbocycles. The molecule has 4 nitrogen and oxygen atoms in total. The van der Waals surface area contributed by atoms with Crippen LogP contribution in [0.5, 0.6) is 0 Å². The van der Waals surface area contributed by atoms with Crippen molar-refractivity contribution in [2.45, 2.75) is 38.6 Å². The zero-order valence-corrected chi connectivity index (χ0v) is 10.5. The van der Waals surface area contributed by atoms with Crippen molar-refractivity contribution in [3.05, 3.63) is 29.6 Å². The van der Waals surface area contributed by atoms with Crippen molar-refractivity contribution >= 4 is 5.91 Å². The molecule has 0 aliphatic heterocycles. The van der Waals surface area contributed by atoms with Crippen LogP contribution < -0.4 is 5.32 Å². The topological polar surface area (TPSA) is 65.8 Å². The van der Waals surface area contributed by atoms with Gasteiger partial charge in [-0.15, -0.1) is 0 Å². The standard InChI is InChI=1S/C14H17N3O/c1-10-4-2-3-5-12(10)17-14(18)13-7-6-11(8-15)9-16-13/h6-7,9-10,12H,2-5H2,1H3,(H,17,18). The first-order valence-electron chi connectivity index (χ1n) is 6.37. The molecule has 0 radical (unpaired) electrons. The molecular formula is C14H17N3O.